The minimum absolute atomic E-state index is 0.549. The Labute approximate surface area is 154 Å². The summed E-state index contributed by atoms with van der Waals surface area (Å²) in [4.78, 5) is 15.0. The molecule has 0 radical (unpaired) electrons. The Morgan fingerprint density at radius 1 is 1.23 bits per heavy atom. The topological polar surface area (TPSA) is 54.0 Å². The number of aromatic amines is 1. The molecule has 0 bridgehead atoms. The number of H-pyrrole nitrogens is 1. The SMILES string of the molecule is Cc1c[nH]c2ncc(-c3ccc(C4CCOCC4)c(CN(C)C)n3)cc12. The van der Waals surface area contributed by atoms with Gasteiger partial charge in [0.05, 0.1) is 11.4 Å². The molecule has 5 nitrogen and oxygen atoms in total. The van der Waals surface area contributed by atoms with Crippen LogP contribution in [-0.4, -0.2) is 47.2 Å². The van der Waals surface area contributed by atoms with Gasteiger partial charge in [0.1, 0.15) is 5.65 Å². The van der Waals surface area contributed by atoms with Crippen molar-refractivity contribution in [3.8, 4) is 11.3 Å². The van der Waals surface area contributed by atoms with Crippen LogP contribution >= 0.6 is 0 Å². The highest BCUT2D eigenvalue weighted by Crippen LogP contribution is 2.31. The molecule has 1 aliphatic heterocycles. The predicted octanol–water partition coefficient (Wildman–Crippen LogP) is 3.89. The molecule has 5 heteroatoms. The molecule has 0 aliphatic carbocycles. The lowest BCUT2D eigenvalue weighted by atomic mass is 9.90. The molecule has 1 N–H and O–H groups in total. The summed E-state index contributed by atoms with van der Waals surface area (Å²) in [6, 6.07) is 6.60. The van der Waals surface area contributed by atoms with Gasteiger partial charge in [-0.15, -0.1) is 0 Å². The summed E-state index contributed by atoms with van der Waals surface area (Å²) < 4.78 is 5.54. The number of aromatic nitrogens is 3. The largest absolute Gasteiger partial charge is 0.381 e. The monoisotopic (exact) mass is 350 g/mol. The van der Waals surface area contributed by atoms with E-state index in [-0.39, 0.29) is 0 Å². The zero-order valence-electron chi connectivity index (χ0n) is 15.7. The van der Waals surface area contributed by atoms with Gasteiger partial charge < -0.3 is 14.6 Å². The molecule has 0 amide bonds. The van der Waals surface area contributed by atoms with Crippen molar-refractivity contribution >= 4 is 11.0 Å². The lowest BCUT2D eigenvalue weighted by molar-refractivity contribution is 0.0849. The molecule has 0 unspecified atom stereocenters. The second kappa shape index (κ2) is 7.17. The Morgan fingerprint density at radius 3 is 2.81 bits per heavy atom. The fourth-order valence-electron chi connectivity index (χ4n) is 3.75. The average Bonchev–Trinajstić information content (AvgIpc) is 3.02. The highest BCUT2D eigenvalue weighted by Gasteiger charge is 2.20. The standard InChI is InChI=1S/C21H26N4O/c1-14-11-22-21-18(14)10-16(12-23-21)19-5-4-17(15-6-8-26-9-7-15)20(24-19)13-25(2)3/h4-5,10-12,15H,6-9,13H2,1-3H3,(H,22,23). The number of pyridine rings is 2. The number of aryl methyl sites for hydroxylation is 1. The third-order valence-electron chi connectivity index (χ3n) is 5.17. The molecule has 136 valence electrons. The number of ether oxygens (including phenoxy) is 1. The van der Waals surface area contributed by atoms with Crippen molar-refractivity contribution in [1.29, 1.82) is 0 Å². The molecule has 1 aliphatic rings. The van der Waals surface area contributed by atoms with E-state index in [1.165, 1.54) is 16.8 Å². The number of hydrogen-bond donors (Lipinski definition) is 1. The van der Waals surface area contributed by atoms with Crippen LogP contribution in [0.25, 0.3) is 22.3 Å². The molecule has 4 heterocycles. The van der Waals surface area contributed by atoms with Gasteiger partial charge in [0.2, 0.25) is 0 Å². The first-order chi connectivity index (χ1) is 12.6. The van der Waals surface area contributed by atoms with Crippen molar-refractivity contribution < 1.29 is 4.74 Å². The fourth-order valence-corrected chi connectivity index (χ4v) is 3.75. The third-order valence-corrected chi connectivity index (χ3v) is 5.17. The van der Waals surface area contributed by atoms with E-state index >= 15 is 0 Å². The molecular formula is C21H26N4O. The Hall–Kier alpha value is -2.24. The van der Waals surface area contributed by atoms with Crippen LogP contribution in [0.4, 0.5) is 0 Å². The van der Waals surface area contributed by atoms with Crippen LogP contribution in [-0.2, 0) is 11.3 Å². The van der Waals surface area contributed by atoms with E-state index in [0.29, 0.717) is 5.92 Å². The van der Waals surface area contributed by atoms with Gasteiger partial charge in [-0.2, -0.15) is 0 Å². The number of hydrogen-bond acceptors (Lipinski definition) is 4. The molecule has 26 heavy (non-hydrogen) atoms. The van der Waals surface area contributed by atoms with E-state index in [4.69, 9.17) is 9.72 Å². The summed E-state index contributed by atoms with van der Waals surface area (Å²) in [6.07, 6.45) is 6.07. The quantitative estimate of drug-likeness (QED) is 0.776. The van der Waals surface area contributed by atoms with Crippen LogP contribution in [0.2, 0.25) is 0 Å². The maximum atomic E-state index is 5.54. The van der Waals surface area contributed by atoms with Crippen molar-refractivity contribution in [3.63, 3.8) is 0 Å². The zero-order chi connectivity index (χ0) is 18.1. The molecule has 4 rings (SSSR count). The number of rotatable bonds is 4. The molecule has 3 aromatic heterocycles. The zero-order valence-corrected chi connectivity index (χ0v) is 15.7. The number of nitrogens with zero attached hydrogens (tertiary/aromatic N) is 3. The summed E-state index contributed by atoms with van der Waals surface area (Å²) in [5, 5.41) is 1.16. The van der Waals surface area contributed by atoms with Crippen molar-refractivity contribution in [2.45, 2.75) is 32.2 Å². The smallest absolute Gasteiger partial charge is 0.137 e. The first-order valence-corrected chi connectivity index (χ1v) is 9.28. The highest BCUT2D eigenvalue weighted by atomic mass is 16.5. The Kier molecular flexibility index (Phi) is 4.74. The minimum Gasteiger partial charge on any atom is -0.381 e. The van der Waals surface area contributed by atoms with Gasteiger partial charge in [0.15, 0.2) is 0 Å². The Bertz CT molecular complexity index is 910. The van der Waals surface area contributed by atoms with Gasteiger partial charge >= 0.3 is 0 Å². The van der Waals surface area contributed by atoms with Crippen LogP contribution in [0.3, 0.4) is 0 Å². The van der Waals surface area contributed by atoms with Crippen molar-refractivity contribution in [1.82, 2.24) is 19.9 Å². The van der Waals surface area contributed by atoms with Crippen molar-refractivity contribution in [2.75, 3.05) is 27.3 Å². The minimum atomic E-state index is 0.549. The fraction of sp³-hybridized carbons (Fsp3) is 0.429. The molecule has 3 aromatic rings. The van der Waals surface area contributed by atoms with Gasteiger partial charge in [-0.1, -0.05) is 6.07 Å². The van der Waals surface area contributed by atoms with Crippen molar-refractivity contribution in [2.24, 2.45) is 0 Å². The van der Waals surface area contributed by atoms with Crippen LogP contribution < -0.4 is 0 Å². The lowest BCUT2D eigenvalue weighted by Crippen LogP contribution is -2.19. The van der Waals surface area contributed by atoms with Gasteiger partial charge in [-0.25, -0.2) is 4.98 Å². The van der Waals surface area contributed by atoms with Crippen LogP contribution in [0, 0.1) is 6.92 Å². The van der Waals surface area contributed by atoms with E-state index in [2.05, 4.69) is 54.1 Å². The van der Waals surface area contributed by atoms with Crippen molar-refractivity contribution in [3.05, 3.63) is 47.4 Å². The molecule has 0 spiro atoms. The molecule has 0 aromatic carbocycles. The molecule has 1 fully saturated rings. The predicted molar refractivity (Wildman–Crippen MR) is 104 cm³/mol. The average molecular weight is 350 g/mol. The number of fused-ring (bicyclic) bond motifs is 1. The Balaban J connectivity index is 1.74. The van der Waals surface area contributed by atoms with Crippen LogP contribution in [0.1, 0.15) is 35.6 Å². The third kappa shape index (κ3) is 3.37. The van der Waals surface area contributed by atoms with E-state index in [1.54, 1.807) is 0 Å². The van der Waals surface area contributed by atoms with Gasteiger partial charge in [0, 0.05) is 43.1 Å². The summed E-state index contributed by atoms with van der Waals surface area (Å²) >= 11 is 0. The summed E-state index contributed by atoms with van der Waals surface area (Å²) in [6.45, 7) is 4.64. The molecular weight excluding hydrogens is 324 g/mol. The van der Waals surface area contributed by atoms with Gasteiger partial charge in [0.25, 0.3) is 0 Å². The lowest BCUT2D eigenvalue weighted by Gasteiger charge is -2.25. The second-order valence-electron chi connectivity index (χ2n) is 7.45. The van der Waals surface area contributed by atoms with Gasteiger partial charge in [-0.3, -0.25) is 4.98 Å². The summed E-state index contributed by atoms with van der Waals surface area (Å²) in [7, 11) is 4.19. The Morgan fingerprint density at radius 2 is 2.04 bits per heavy atom. The van der Waals surface area contributed by atoms with E-state index in [1.807, 2.05) is 12.4 Å². The van der Waals surface area contributed by atoms with Crippen LogP contribution in [0.15, 0.2) is 30.6 Å². The first kappa shape index (κ1) is 17.2. The maximum absolute atomic E-state index is 5.54. The van der Waals surface area contributed by atoms with E-state index in [9.17, 15) is 0 Å². The van der Waals surface area contributed by atoms with E-state index in [0.717, 1.165) is 54.9 Å². The second-order valence-corrected chi connectivity index (χ2v) is 7.45. The first-order valence-electron chi connectivity index (χ1n) is 9.28. The normalized spacial score (nSPS) is 15.8. The van der Waals surface area contributed by atoms with Gasteiger partial charge in [-0.05, 0) is 63.0 Å². The summed E-state index contributed by atoms with van der Waals surface area (Å²) in [5.74, 6) is 0.549. The molecule has 0 saturated carbocycles. The maximum Gasteiger partial charge on any atom is 0.137 e. The summed E-state index contributed by atoms with van der Waals surface area (Å²) in [5.41, 5.74) is 6.74. The number of nitrogens with one attached hydrogen (secondary N) is 1. The molecule has 0 atom stereocenters. The molecule has 1 saturated heterocycles. The highest BCUT2D eigenvalue weighted by molar-refractivity contribution is 5.83. The van der Waals surface area contributed by atoms with Crippen LogP contribution in [0.5, 0.6) is 0 Å². The van der Waals surface area contributed by atoms with E-state index < -0.39 is 0 Å².